The Morgan fingerprint density at radius 1 is 1.71 bits per heavy atom. The fourth-order valence-corrected chi connectivity index (χ4v) is 2.40. The molecule has 1 amide bonds. The van der Waals surface area contributed by atoms with Crippen LogP contribution in [0.1, 0.15) is 15.2 Å². The highest BCUT2D eigenvalue weighted by molar-refractivity contribution is 7.12. The minimum atomic E-state index is -0.312. The highest BCUT2D eigenvalue weighted by Gasteiger charge is 2.31. The van der Waals surface area contributed by atoms with Crippen LogP contribution in [0, 0.1) is 12.8 Å². The van der Waals surface area contributed by atoms with Gasteiger partial charge < -0.3 is 4.90 Å². The zero-order chi connectivity index (χ0) is 10.1. The lowest BCUT2D eigenvalue weighted by atomic mass is 10.0. The molecule has 1 saturated heterocycles. The maximum absolute atomic E-state index is 12.1. The summed E-state index contributed by atoms with van der Waals surface area (Å²) in [5, 5.41) is 1.96. The van der Waals surface area contributed by atoms with E-state index in [1.54, 1.807) is 4.90 Å². The van der Waals surface area contributed by atoms with Crippen molar-refractivity contribution < 1.29 is 9.18 Å². The molecule has 76 valence electrons. The number of aryl methyl sites for hydroxylation is 1. The Balaban J connectivity index is 1.97. The monoisotopic (exact) mass is 213 g/mol. The minimum Gasteiger partial charge on any atom is -0.337 e. The zero-order valence-electron chi connectivity index (χ0n) is 8.00. The van der Waals surface area contributed by atoms with E-state index in [9.17, 15) is 9.18 Å². The number of halogens is 1. The molecule has 1 aromatic heterocycles. The summed E-state index contributed by atoms with van der Waals surface area (Å²) >= 11 is 1.46. The lowest BCUT2D eigenvalue weighted by Gasteiger charge is -2.37. The Labute approximate surface area is 86.3 Å². The first-order chi connectivity index (χ1) is 6.70. The van der Waals surface area contributed by atoms with Crippen LogP contribution in [0.25, 0.3) is 0 Å². The molecule has 0 saturated carbocycles. The van der Waals surface area contributed by atoms with Crippen molar-refractivity contribution in [3.63, 3.8) is 0 Å². The fraction of sp³-hybridized carbons (Fsp3) is 0.500. The quantitative estimate of drug-likeness (QED) is 0.736. The first-order valence-corrected chi connectivity index (χ1v) is 5.49. The van der Waals surface area contributed by atoms with E-state index < -0.39 is 0 Å². The molecule has 0 aliphatic carbocycles. The number of alkyl halides is 1. The molecule has 1 aromatic rings. The number of thiophene rings is 1. The van der Waals surface area contributed by atoms with E-state index in [-0.39, 0.29) is 18.5 Å². The topological polar surface area (TPSA) is 20.3 Å². The Bertz CT molecular complexity index is 344. The summed E-state index contributed by atoms with van der Waals surface area (Å²) in [5.41, 5.74) is 1.11. The number of carbonyl (C=O) groups excluding carboxylic acids is 1. The van der Waals surface area contributed by atoms with Crippen LogP contribution in [0.3, 0.4) is 0 Å². The van der Waals surface area contributed by atoms with Gasteiger partial charge in [-0.05, 0) is 23.9 Å². The third-order valence-electron chi connectivity index (χ3n) is 2.40. The van der Waals surface area contributed by atoms with Crippen LogP contribution in [0.5, 0.6) is 0 Å². The van der Waals surface area contributed by atoms with Gasteiger partial charge in [-0.25, -0.2) is 0 Å². The van der Waals surface area contributed by atoms with Crippen LogP contribution in [0.4, 0.5) is 4.39 Å². The molecule has 0 bridgehead atoms. The van der Waals surface area contributed by atoms with Gasteiger partial charge in [-0.3, -0.25) is 9.18 Å². The standard InChI is InChI=1S/C10H12FNOS/c1-7-2-9(14-6-7)10(13)12-4-8(3-11)5-12/h2,6,8H,3-5H2,1H3. The molecule has 2 heterocycles. The number of rotatable bonds is 2. The summed E-state index contributed by atoms with van der Waals surface area (Å²) in [5.74, 6) is 0.118. The van der Waals surface area contributed by atoms with Crippen molar-refractivity contribution in [3.05, 3.63) is 21.9 Å². The van der Waals surface area contributed by atoms with Crippen molar-refractivity contribution >= 4 is 17.2 Å². The van der Waals surface area contributed by atoms with Crippen LogP contribution in [-0.2, 0) is 0 Å². The molecule has 0 aromatic carbocycles. The molecule has 0 unspecified atom stereocenters. The average Bonchev–Trinajstić information content (AvgIpc) is 2.49. The second kappa shape index (κ2) is 3.69. The van der Waals surface area contributed by atoms with Gasteiger partial charge in [0.25, 0.3) is 5.91 Å². The van der Waals surface area contributed by atoms with Gasteiger partial charge in [0, 0.05) is 19.0 Å². The number of hydrogen-bond acceptors (Lipinski definition) is 2. The Morgan fingerprint density at radius 3 is 2.93 bits per heavy atom. The molecule has 2 rings (SSSR count). The molecule has 0 atom stereocenters. The molecule has 0 radical (unpaired) electrons. The highest BCUT2D eigenvalue weighted by Crippen LogP contribution is 2.22. The van der Waals surface area contributed by atoms with Crippen LogP contribution >= 0.6 is 11.3 Å². The summed E-state index contributed by atoms with van der Waals surface area (Å²) in [6.45, 7) is 2.81. The zero-order valence-corrected chi connectivity index (χ0v) is 8.81. The molecule has 1 fully saturated rings. The number of hydrogen-bond donors (Lipinski definition) is 0. The van der Waals surface area contributed by atoms with Gasteiger partial charge in [0.05, 0.1) is 11.6 Å². The second-order valence-corrected chi connectivity index (χ2v) is 4.63. The molecule has 14 heavy (non-hydrogen) atoms. The summed E-state index contributed by atoms with van der Waals surface area (Å²) in [6, 6.07) is 1.88. The summed E-state index contributed by atoms with van der Waals surface area (Å²) in [6.07, 6.45) is 0. The lowest BCUT2D eigenvalue weighted by molar-refractivity contribution is 0.0457. The van der Waals surface area contributed by atoms with Crippen LogP contribution < -0.4 is 0 Å². The Morgan fingerprint density at radius 2 is 2.43 bits per heavy atom. The van der Waals surface area contributed by atoms with Crippen molar-refractivity contribution in [2.24, 2.45) is 5.92 Å². The first kappa shape index (κ1) is 9.65. The normalized spacial score (nSPS) is 16.9. The number of nitrogens with zero attached hydrogens (tertiary/aromatic N) is 1. The lowest BCUT2D eigenvalue weighted by Crippen LogP contribution is -2.50. The van der Waals surface area contributed by atoms with Crippen molar-refractivity contribution in [3.8, 4) is 0 Å². The van der Waals surface area contributed by atoms with Gasteiger partial charge in [-0.2, -0.15) is 0 Å². The molecular formula is C10H12FNOS. The van der Waals surface area contributed by atoms with E-state index >= 15 is 0 Å². The third-order valence-corrected chi connectivity index (χ3v) is 3.44. The minimum absolute atomic E-state index is 0.0489. The number of amides is 1. The smallest absolute Gasteiger partial charge is 0.263 e. The van der Waals surface area contributed by atoms with E-state index in [4.69, 9.17) is 0 Å². The average molecular weight is 213 g/mol. The molecule has 0 N–H and O–H groups in total. The van der Waals surface area contributed by atoms with E-state index in [2.05, 4.69) is 0 Å². The van der Waals surface area contributed by atoms with Gasteiger partial charge >= 0.3 is 0 Å². The van der Waals surface area contributed by atoms with E-state index in [1.165, 1.54) is 11.3 Å². The molecule has 4 heteroatoms. The molecule has 2 nitrogen and oxygen atoms in total. The van der Waals surface area contributed by atoms with Gasteiger partial charge in [-0.1, -0.05) is 0 Å². The van der Waals surface area contributed by atoms with Gasteiger partial charge in [0.2, 0.25) is 0 Å². The van der Waals surface area contributed by atoms with Gasteiger partial charge in [0.1, 0.15) is 0 Å². The van der Waals surface area contributed by atoms with Crippen LogP contribution in [0.2, 0.25) is 0 Å². The molecule has 1 aliphatic heterocycles. The van der Waals surface area contributed by atoms with Crippen LogP contribution in [0.15, 0.2) is 11.4 Å². The Kier molecular flexibility index (Phi) is 2.54. The van der Waals surface area contributed by atoms with E-state index in [1.807, 2.05) is 18.4 Å². The van der Waals surface area contributed by atoms with Crippen LogP contribution in [-0.4, -0.2) is 30.6 Å². The van der Waals surface area contributed by atoms with Gasteiger partial charge in [0.15, 0.2) is 0 Å². The van der Waals surface area contributed by atoms with Crippen molar-refractivity contribution in [2.75, 3.05) is 19.8 Å². The highest BCUT2D eigenvalue weighted by atomic mass is 32.1. The van der Waals surface area contributed by atoms with E-state index in [0.717, 1.165) is 10.4 Å². The SMILES string of the molecule is Cc1csc(C(=O)N2CC(CF)C2)c1. The predicted molar refractivity (Wildman–Crippen MR) is 54.4 cm³/mol. The molecule has 1 aliphatic rings. The first-order valence-electron chi connectivity index (χ1n) is 4.61. The molecule has 0 spiro atoms. The molecular weight excluding hydrogens is 201 g/mol. The van der Waals surface area contributed by atoms with Crippen molar-refractivity contribution in [1.82, 2.24) is 4.90 Å². The largest absolute Gasteiger partial charge is 0.337 e. The van der Waals surface area contributed by atoms with E-state index in [0.29, 0.717) is 13.1 Å². The fourth-order valence-electron chi connectivity index (χ4n) is 1.53. The summed E-state index contributed by atoms with van der Waals surface area (Å²) in [7, 11) is 0. The summed E-state index contributed by atoms with van der Waals surface area (Å²) in [4.78, 5) is 14.2. The summed E-state index contributed by atoms with van der Waals surface area (Å²) < 4.78 is 12.1. The number of likely N-dealkylation sites (tertiary alicyclic amines) is 1. The predicted octanol–water partition coefficient (Wildman–Crippen LogP) is 2.10. The van der Waals surface area contributed by atoms with Gasteiger partial charge in [-0.15, -0.1) is 11.3 Å². The Hall–Kier alpha value is -0.900. The van der Waals surface area contributed by atoms with Crippen molar-refractivity contribution in [2.45, 2.75) is 6.92 Å². The maximum Gasteiger partial charge on any atom is 0.263 e. The number of carbonyl (C=O) groups is 1. The maximum atomic E-state index is 12.1. The second-order valence-electron chi connectivity index (χ2n) is 3.72. The van der Waals surface area contributed by atoms with Crippen molar-refractivity contribution in [1.29, 1.82) is 0 Å². The third kappa shape index (κ3) is 1.66.